The molecule has 1 fully saturated rings. The van der Waals surface area contributed by atoms with Gasteiger partial charge in [-0.15, -0.1) is 0 Å². The molecule has 0 spiro atoms. The van der Waals surface area contributed by atoms with Crippen LogP contribution in [0.25, 0.3) is 0 Å². The van der Waals surface area contributed by atoms with Gasteiger partial charge in [-0.2, -0.15) is 5.26 Å². The molecular weight excluding hydrogens is 372 g/mol. The lowest BCUT2D eigenvalue weighted by Crippen LogP contribution is -2.39. The average molecular weight is 389 g/mol. The van der Waals surface area contributed by atoms with E-state index in [-0.39, 0.29) is 5.91 Å². The number of hydrogen-bond acceptors (Lipinski definition) is 5. The summed E-state index contributed by atoms with van der Waals surface area (Å²) in [6, 6.07) is 9.10. The standard InChI is InChI=1S/C17H17BrN4O2/c18-15-4-3-14(24-15)17(23)21-11-12-5-8-22(9-6-12)16-13(10-19)2-1-7-20-16/h1-4,7,12H,5-6,8-9,11H2,(H,21,23). The molecule has 1 N–H and O–H groups in total. The third kappa shape index (κ3) is 3.77. The van der Waals surface area contributed by atoms with Gasteiger partial charge in [-0.05, 0) is 59.0 Å². The fourth-order valence-electron chi connectivity index (χ4n) is 2.85. The van der Waals surface area contributed by atoms with Gasteiger partial charge >= 0.3 is 0 Å². The molecule has 6 nitrogen and oxygen atoms in total. The molecule has 2 aromatic rings. The maximum absolute atomic E-state index is 12.0. The first kappa shape index (κ1) is 16.5. The molecule has 3 rings (SSSR count). The summed E-state index contributed by atoms with van der Waals surface area (Å²) in [5.74, 6) is 1.28. The number of furan rings is 1. The van der Waals surface area contributed by atoms with E-state index in [2.05, 4.69) is 37.2 Å². The molecule has 1 aliphatic heterocycles. The molecule has 2 aromatic heterocycles. The number of carbonyl (C=O) groups is 1. The summed E-state index contributed by atoms with van der Waals surface area (Å²) < 4.78 is 5.79. The number of nitriles is 1. The summed E-state index contributed by atoms with van der Waals surface area (Å²) in [5.41, 5.74) is 0.604. The molecular formula is C17H17BrN4O2. The zero-order chi connectivity index (χ0) is 16.9. The Kier molecular flexibility index (Phi) is 5.16. The third-order valence-electron chi connectivity index (χ3n) is 4.17. The molecule has 1 aliphatic rings. The smallest absolute Gasteiger partial charge is 0.287 e. The fourth-order valence-corrected chi connectivity index (χ4v) is 3.15. The molecule has 0 saturated carbocycles. The summed E-state index contributed by atoms with van der Waals surface area (Å²) in [6.45, 7) is 2.29. The minimum Gasteiger partial charge on any atom is -0.444 e. The predicted molar refractivity (Wildman–Crippen MR) is 92.6 cm³/mol. The summed E-state index contributed by atoms with van der Waals surface area (Å²) >= 11 is 3.19. The average Bonchev–Trinajstić information content (AvgIpc) is 3.06. The second-order valence-corrected chi connectivity index (χ2v) is 6.51. The molecule has 0 unspecified atom stereocenters. The molecule has 0 aliphatic carbocycles. The Bertz CT molecular complexity index is 760. The van der Waals surface area contributed by atoms with Crippen LogP contribution in [0.15, 0.2) is 39.5 Å². The molecule has 0 aromatic carbocycles. The second kappa shape index (κ2) is 7.49. The van der Waals surface area contributed by atoms with E-state index < -0.39 is 0 Å². The number of anilines is 1. The molecule has 3 heterocycles. The van der Waals surface area contributed by atoms with Crippen molar-refractivity contribution in [2.75, 3.05) is 24.5 Å². The van der Waals surface area contributed by atoms with Gasteiger partial charge in [-0.1, -0.05) is 0 Å². The van der Waals surface area contributed by atoms with E-state index in [0.29, 0.717) is 28.5 Å². The maximum Gasteiger partial charge on any atom is 0.287 e. The van der Waals surface area contributed by atoms with Crippen molar-refractivity contribution in [3.63, 3.8) is 0 Å². The first-order valence-corrected chi connectivity index (χ1v) is 8.60. The van der Waals surface area contributed by atoms with Gasteiger partial charge in [0.25, 0.3) is 5.91 Å². The Morgan fingerprint density at radius 1 is 1.42 bits per heavy atom. The Morgan fingerprint density at radius 3 is 2.88 bits per heavy atom. The van der Waals surface area contributed by atoms with Gasteiger partial charge in [0.1, 0.15) is 11.9 Å². The first-order valence-electron chi connectivity index (χ1n) is 7.81. The quantitative estimate of drug-likeness (QED) is 0.870. The third-order valence-corrected chi connectivity index (χ3v) is 4.60. The van der Waals surface area contributed by atoms with Crippen molar-refractivity contribution in [1.82, 2.24) is 10.3 Å². The normalized spacial score (nSPS) is 15.1. The van der Waals surface area contributed by atoms with E-state index >= 15 is 0 Å². The van der Waals surface area contributed by atoms with Crippen LogP contribution in [0.4, 0.5) is 5.82 Å². The summed E-state index contributed by atoms with van der Waals surface area (Å²) in [7, 11) is 0. The van der Waals surface area contributed by atoms with Crippen molar-refractivity contribution in [3.8, 4) is 6.07 Å². The van der Waals surface area contributed by atoms with Gasteiger partial charge < -0.3 is 14.6 Å². The number of rotatable bonds is 4. The van der Waals surface area contributed by atoms with Crippen LogP contribution >= 0.6 is 15.9 Å². The number of halogens is 1. The number of nitrogens with zero attached hydrogens (tertiary/aromatic N) is 3. The van der Waals surface area contributed by atoms with Gasteiger partial charge in [0.2, 0.25) is 0 Å². The number of hydrogen-bond donors (Lipinski definition) is 1. The largest absolute Gasteiger partial charge is 0.444 e. The van der Waals surface area contributed by atoms with Gasteiger partial charge in [-0.25, -0.2) is 4.98 Å². The van der Waals surface area contributed by atoms with Crippen molar-refractivity contribution in [2.45, 2.75) is 12.8 Å². The van der Waals surface area contributed by atoms with Gasteiger partial charge in [0.05, 0.1) is 5.56 Å². The SMILES string of the molecule is N#Cc1cccnc1N1CCC(CNC(=O)c2ccc(Br)o2)CC1. The highest BCUT2D eigenvalue weighted by molar-refractivity contribution is 9.10. The van der Waals surface area contributed by atoms with E-state index in [1.54, 1.807) is 30.5 Å². The summed E-state index contributed by atoms with van der Waals surface area (Å²) in [4.78, 5) is 18.5. The second-order valence-electron chi connectivity index (χ2n) is 5.73. The monoisotopic (exact) mass is 388 g/mol. The van der Waals surface area contributed by atoms with E-state index in [4.69, 9.17) is 4.42 Å². The van der Waals surface area contributed by atoms with Crippen molar-refractivity contribution in [3.05, 3.63) is 46.5 Å². The van der Waals surface area contributed by atoms with Crippen molar-refractivity contribution < 1.29 is 9.21 Å². The van der Waals surface area contributed by atoms with Crippen LogP contribution in [-0.4, -0.2) is 30.5 Å². The molecule has 1 saturated heterocycles. The van der Waals surface area contributed by atoms with Crippen molar-refractivity contribution in [2.24, 2.45) is 5.92 Å². The lowest BCUT2D eigenvalue weighted by Gasteiger charge is -2.33. The van der Waals surface area contributed by atoms with Crippen LogP contribution in [0.5, 0.6) is 0 Å². The van der Waals surface area contributed by atoms with E-state index in [0.717, 1.165) is 31.7 Å². The number of nitrogens with one attached hydrogen (secondary N) is 1. The molecule has 7 heteroatoms. The maximum atomic E-state index is 12.0. The topological polar surface area (TPSA) is 82.2 Å². The highest BCUT2D eigenvalue weighted by atomic mass is 79.9. The van der Waals surface area contributed by atoms with Crippen LogP contribution in [0, 0.1) is 17.2 Å². The number of carbonyl (C=O) groups excluding carboxylic acids is 1. The fraction of sp³-hybridized carbons (Fsp3) is 0.353. The minimum absolute atomic E-state index is 0.195. The van der Waals surface area contributed by atoms with Crippen LogP contribution in [0.3, 0.4) is 0 Å². The highest BCUT2D eigenvalue weighted by Crippen LogP contribution is 2.24. The van der Waals surface area contributed by atoms with Crippen molar-refractivity contribution in [1.29, 1.82) is 5.26 Å². The zero-order valence-electron chi connectivity index (χ0n) is 13.0. The zero-order valence-corrected chi connectivity index (χ0v) is 14.6. The number of piperidine rings is 1. The molecule has 24 heavy (non-hydrogen) atoms. The van der Waals surface area contributed by atoms with Crippen LogP contribution in [-0.2, 0) is 0 Å². The number of pyridine rings is 1. The lowest BCUT2D eigenvalue weighted by atomic mass is 9.96. The molecule has 0 atom stereocenters. The first-order chi connectivity index (χ1) is 11.7. The summed E-state index contributed by atoms with van der Waals surface area (Å²) in [6.07, 6.45) is 3.61. The van der Waals surface area contributed by atoms with Gasteiger partial charge in [-0.3, -0.25) is 4.79 Å². The van der Waals surface area contributed by atoms with Crippen LogP contribution < -0.4 is 10.2 Å². The van der Waals surface area contributed by atoms with Gasteiger partial charge in [0, 0.05) is 25.8 Å². The van der Waals surface area contributed by atoms with Crippen LogP contribution in [0.2, 0.25) is 0 Å². The van der Waals surface area contributed by atoms with Crippen molar-refractivity contribution >= 4 is 27.7 Å². The van der Waals surface area contributed by atoms with Gasteiger partial charge in [0.15, 0.2) is 10.4 Å². The Balaban J connectivity index is 1.50. The van der Waals surface area contributed by atoms with E-state index in [1.165, 1.54) is 0 Å². The number of aromatic nitrogens is 1. The lowest BCUT2D eigenvalue weighted by molar-refractivity contribution is 0.0916. The predicted octanol–water partition coefficient (Wildman–Crippen LogP) is 2.96. The van der Waals surface area contributed by atoms with E-state index in [1.807, 2.05) is 0 Å². The minimum atomic E-state index is -0.195. The Hall–Kier alpha value is -2.33. The molecule has 124 valence electrons. The molecule has 1 amide bonds. The van der Waals surface area contributed by atoms with E-state index in [9.17, 15) is 10.1 Å². The number of amides is 1. The van der Waals surface area contributed by atoms with Crippen LogP contribution in [0.1, 0.15) is 29.0 Å². The molecule has 0 radical (unpaired) electrons. The Morgan fingerprint density at radius 2 is 2.21 bits per heavy atom. The highest BCUT2D eigenvalue weighted by Gasteiger charge is 2.22. The summed E-state index contributed by atoms with van der Waals surface area (Å²) in [5, 5.41) is 12.1. The Labute approximate surface area is 148 Å². The molecule has 0 bridgehead atoms.